The van der Waals surface area contributed by atoms with Crippen LogP contribution in [0.5, 0.6) is 0 Å². The van der Waals surface area contributed by atoms with Crippen LogP contribution in [0.25, 0.3) is 0 Å². The second-order valence-corrected chi connectivity index (χ2v) is 22.0. The molecule has 0 saturated carbocycles. The topological polar surface area (TPSA) is 111 Å². The van der Waals surface area contributed by atoms with E-state index in [0.29, 0.717) is 17.4 Å². The highest BCUT2D eigenvalue weighted by atomic mass is 31.2. The van der Waals surface area contributed by atoms with Crippen LogP contribution in [0.2, 0.25) is 0 Å². The minimum atomic E-state index is -4.65. The molecule has 0 aromatic carbocycles. The second kappa shape index (κ2) is 50.9. The Morgan fingerprint density at radius 1 is 0.464 bits per heavy atom. The molecule has 0 amide bonds. The summed E-state index contributed by atoms with van der Waals surface area (Å²) in [6, 6.07) is 0. The van der Waals surface area contributed by atoms with Crippen molar-refractivity contribution in [1.29, 1.82) is 0 Å². The number of phosphoric ester groups is 1. The number of ether oxygens (including phenoxy) is 2. The van der Waals surface area contributed by atoms with Crippen LogP contribution in [-0.2, 0) is 32.7 Å². The van der Waals surface area contributed by atoms with Crippen LogP contribution in [0, 0.1) is 0 Å². The standard InChI is InChI=1S/C59H110NO8P/c1-6-8-10-12-14-16-18-20-21-22-23-24-25-26-27-28-29-30-31-32-33-34-35-36-37-38-40-41-43-45-47-49-51-58(61)65-55-57(56-67-69(63,64)66-54-53-60(3,4)5)68-59(62)52-50-48-46-44-42-39-19-17-15-13-11-9-7-2/h9,11,15,17,39,42,46,48,57H,6-8,10,12-14,16,18-38,40-41,43-45,47,49-56H2,1-5H3/b11-9-,17-15-,42-39-,48-46-. The number of rotatable bonds is 53. The lowest BCUT2D eigenvalue weighted by atomic mass is 10.0. The first-order chi connectivity index (χ1) is 33.5. The monoisotopic (exact) mass is 992 g/mol. The lowest BCUT2D eigenvalue weighted by Crippen LogP contribution is -2.37. The van der Waals surface area contributed by atoms with Gasteiger partial charge in [0.25, 0.3) is 7.82 Å². The van der Waals surface area contributed by atoms with E-state index in [1.807, 2.05) is 33.3 Å². The average Bonchev–Trinajstić information content (AvgIpc) is 3.31. The molecule has 0 aliphatic rings. The SMILES string of the molecule is CC/C=C\C/C=C\C/C=C\C/C=C\CCC(=O)OC(COC(=O)CCCCCCCCCCCCCCCCCCCCCCCCCCCCCCCCCC)COP(=O)([O-])OCC[N+](C)(C)C. The van der Waals surface area contributed by atoms with E-state index in [9.17, 15) is 19.0 Å². The molecule has 2 atom stereocenters. The number of carbonyl (C=O) groups excluding carboxylic acids is 2. The smallest absolute Gasteiger partial charge is 0.306 e. The molecular formula is C59H110NO8P. The van der Waals surface area contributed by atoms with Gasteiger partial charge in [0.2, 0.25) is 0 Å². The van der Waals surface area contributed by atoms with E-state index < -0.39 is 32.5 Å². The molecule has 0 aliphatic carbocycles. The Kier molecular flexibility index (Phi) is 49.4. The summed E-state index contributed by atoms with van der Waals surface area (Å²) in [5, 5.41) is 0. The maximum absolute atomic E-state index is 12.7. The molecule has 9 nitrogen and oxygen atoms in total. The summed E-state index contributed by atoms with van der Waals surface area (Å²) in [6.07, 6.45) is 63.6. The second-order valence-electron chi connectivity index (χ2n) is 20.6. The summed E-state index contributed by atoms with van der Waals surface area (Å²) < 4.78 is 33.9. The van der Waals surface area contributed by atoms with Crippen molar-refractivity contribution >= 4 is 19.8 Å². The average molecular weight is 993 g/mol. The van der Waals surface area contributed by atoms with Gasteiger partial charge in [0.15, 0.2) is 6.10 Å². The molecule has 0 fully saturated rings. The number of phosphoric acid groups is 1. The van der Waals surface area contributed by atoms with Gasteiger partial charge >= 0.3 is 11.9 Å². The predicted octanol–water partition coefficient (Wildman–Crippen LogP) is 17.1. The van der Waals surface area contributed by atoms with Crippen molar-refractivity contribution in [3.63, 3.8) is 0 Å². The highest BCUT2D eigenvalue weighted by Gasteiger charge is 2.21. The highest BCUT2D eigenvalue weighted by molar-refractivity contribution is 7.45. The number of esters is 2. The predicted molar refractivity (Wildman–Crippen MR) is 291 cm³/mol. The first-order valence-corrected chi connectivity index (χ1v) is 30.3. The van der Waals surface area contributed by atoms with E-state index in [2.05, 4.69) is 50.3 Å². The molecular weight excluding hydrogens is 882 g/mol. The summed E-state index contributed by atoms with van der Waals surface area (Å²) in [5.41, 5.74) is 0. The Hall–Kier alpha value is -2.03. The van der Waals surface area contributed by atoms with Gasteiger partial charge in [-0.25, -0.2) is 0 Å². The van der Waals surface area contributed by atoms with Crippen molar-refractivity contribution < 1.29 is 42.1 Å². The third-order valence-corrected chi connectivity index (χ3v) is 13.6. The quantitative estimate of drug-likeness (QED) is 0.0195. The summed E-state index contributed by atoms with van der Waals surface area (Å²) in [6.45, 7) is 4.06. The van der Waals surface area contributed by atoms with E-state index in [4.69, 9.17) is 18.5 Å². The van der Waals surface area contributed by atoms with E-state index >= 15 is 0 Å². The molecule has 0 heterocycles. The molecule has 0 rings (SSSR count). The number of unbranched alkanes of at least 4 members (excludes halogenated alkanes) is 31. The van der Waals surface area contributed by atoms with Crippen LogP contribution in [0.4, 0.5) is 0 Å². The van der Waals surface area contributed by atoms with Gasteiger partial charge in [0.1, 0.15) is 19.8 Å². The fourth-order valence-corrected chi connectivity index (χ4v) is 8.93. The van der Waals surface area contributed by atoms with Gasteiger partial charge in [0.05, 0.1) is 27.7 Å². The largest absolute Gasteiger partial charge is 0.756 e. The van der Waals surface area contributed by atoms with E-state index in [-0.39, 0.29) is 26.1 Å². The Morgan fingerprint density at radius 3 is 1.20 bits per heavy atom. The van der Waals surface area contributed by atoms with Crippen LogP contribution in [0.3, 0.4) is 0 Å². The molecule has 0 N–H and O–H groups in total. The molecule has 2 unspecified atom stereocenters. The fraction of sp³-hybridized carbons (Fsp3) is 0.831. The Bertz CT molecular complexity index is 1310. The van der Waals surface area contributed by atoms with Gasteiger partial charge in [-0.05, 0) is 38.5 Å². The molecule has 0 aromatic rings. The summed E-state index contributed by atoms with van der Waals surface area (Å²) in [5.74, 6) is -0.920. The summed E-state index contributed by atoms with van der Waals surface area (Å²) in [7, 11) is 1.13. The number of hydrogen-bond acceptors (Lipinski definition) is 8. The lowest BCUT2D eigenvalue weighted by Gasteiger charge is -2.28. The first kappa shape index (κ1) is 67.0. The summed E-state index contributed by atoms with van der Waals surface area (Å²) in [4.78, 5) is 37.7. The van der Waals surface area contributed by atoms with Gasteiger partial charge in [-0.3, -0.25) is 14.2 Å². The molecule has 0 radical (unpaired) electrons. The third kappa shape index (κ3) is 55.1. The van der Waals surface area contributed by atoms with Gasteiger partial charge in [-0.15, -0.1) is 0 Å². The molecule has 10 heteroatoms. The van der Waals surface area contributed by atoms with E-state index in [1.54, 1.807) is 0 Å². The zero-order chi connectivity index (χ0) is 50.6. The number of carbonyl (C=O) groups is 2. The van der Waals surface area contributed by atoms with Crippen LogP contribution in [-0.4, -0.2) is 70.0 Å². The molecule has 404 valence electrons. The minimum Gasteiger partial charge on any atom is -0.756 e. The van der Waals surface area contributed by atoms with E-state index in [1.165, 1.54) is 186 Å². The first-order valence-electron chi connectivity index (χ1n) is 28.8. The normalized spacial score (nSPS) is 13.7. The maximum Gasteiger partial charge on any atom is 0.306 e. The maximum atomic E-state index is 12.7. The van der Waals surface area contributed by atoms with Crippen molar-refractivity contribution in [1.82, 2.24) is 0 Å². The van der Waals surface area contributed by atoms with Crippen LogP contribution in [0.1, 0.15) is 264 Å². The van der Waals surface area contributed by atoms with Gasteiger partial charge in [0, 0.05) is 12.8 Å². The lowest BCUT2D eigenvalue weighted by molar-refractivity contribution is -0.870. The molecule has 0 bridgehead atoms. The van der Waals surface area contributed by atoms with Crippen LogP contribution < -0.4 is 4.89 Å². The molecule has 0 saturated heterocycles. The number of hydrogen-bond donors (Lipinski definition) is 0. The molecule has 0 aliphatic heterocycles. The van der Waals surface area contributed by atoms with Gasteiger partial charge < -0.3 is 27.9 Å². The van der Waals surface area contributed by atoms with Gasteiger partial charge in [-0.1, -0.05) is 262 Å². The van der Waals surface area contributed by atoms with Crippen molar-refractivity contribution in [3.8, 4) is 0 Å². The van der Waals surface area contributed by atoms with Crippen LogP contribution >= 0.6 is 7.82 Å². The zero-order valence-corrected chi connectivity index (χ0v) is 46.7. The number of quaternary nitrogens is 1. The van der Waals surface area contributed by atoms with Crippen molar-refractivity contribution in [2.75, 3.05) is 47.5 Å². The molecule has 0 spiro atoms. The van der Waals surface area contributed by atoms with Crippen LogP contribution in [0.15, 0.2) is 48.6 Å². The fourth-order valence-electron chi connectivity index (χ4n) is 8.20. The van der Waals surface area contributed by atoms with Gasteiger partial charge in [-0.2, -0.15) is 0 Å². The number of allylic oxidation sites excluding steroid dienone is 8. The Balaban J connectivity index is 3.99. The van der Waals surface area contributed by atoms with Crippen molar-refractivity contribution in [2.24, 2.45) is 0 Å². The van der Waals surface area contributed by atoms with Crippen molar-refractivity contribution in [3.05, 3.63) is 48.6 Å². The molecule has 69 heavy (non-hydrogen) atoms. The number of nitrogens with zero attached hydrogens (tertiary/aromatic N) is 1. The Morgan fingerprint density at radius 2 is 0.826 bits per heavy atom. The third-order valence-electron chi connectivity index (χ3n) is 12.6. The molecule has 0 aromatic heterocycles. The van der Waals surface area contributed by atoms with Crippen molar-refractivity contribution in [2.45, 2.75) is 270 Å². The number of likely N-dealkylation sites (N-methyl/N-ethyl adjacent to an activating group) is 1. The van der Waals surface area contributed by atoms with E-state index in [0.717, 1.165) is 44.9 Å². The summed E-state index contributed by atoms with van der Waals surface area (Å²) >= 11 is 0. The zero-order valence-electron chi connectivity index (χ0n) is 45.8. The Labute approximate surface area is 426 Å². The highest BCUT2D eigenvalue weighted by Crippen LogP contribution is 2.38. The minimum absolute atomic E-state index is 0.0433.